The molecule has 0 radical (unpaired) electrons. The number of halogens is 1. The maximum atomic E-state index is 11.6. The van der Waals surface area contributed by atoms with Crippen molar-refractivity contribution in [1.29, 1.82) is 0 Å². The Morgan fingerprint density at radius 2 is 1.82 bits per heavy atom. The monoisotopic (exact) mass is 319 g/mol. The molecule has 1 aromatic rings. The smallest absolute Gasteiger partial charge is 0.214 e. The lowest BCUT2D eigenvalue weighted by atomic mass is 9.97. The van der Waals surface area contributed by atoms with Gasteiger partial charge >= 0.3 is 0 Å². The molecule has 0 fully saturated rings. The van der Waals surface area contributed by atoms with Crippen molar-refractivity contribution in [3.8, 4) is 0 Å². The van der Waals surface area contributed by atoms with Crippen LogP contribution in [0.2, 0.25) is 0 Å². The maximum absolute atomic E-state index is 11.6. The summed E-state index contributed by atoms with van der Waals surface area (Å²) in [6.45, 7) is 4.25. The third-order valence-corrected chi connectivity index (χ3v) is 5.79. The number of rotatable bonds is 5. The molecule has 0 saturated carbocycles. The van der Waals surface area contributed by atoms with E-state index in [2.05, 4.69) is 34.5 Å². The van der Waals surface area contributed by atoms with E-state index in [0.29, 0.717) is 15.6 Å². The topological polar surface area (TPSA) is 46.2 Å². The number of hydrogen-bond acceptors (Lipinski definition) is 2. The average Bonchev–Trinajstić information content (AvgIpc) is 2.37. The zero-order chi connectivity index (χ0) is 13.1. The van der Waals surface area contributed by atoms with Gasteiger partial charge in [-0.3, -0.25) is 0 Å². The molecule has 5 heteroatoms. The van der Waals surface area contributed by atoms with Crippen molar-refractivity contribution in [2.45, 2.75) is 35.9 Å². The lowest BCUT2D eigenvalue weighted by Crippen LogP contribution is -2.18. The highest BCUT2D eigenvalue weighted by atomic mass is 79.9. The van der Waals surface area contributed by atoms with Gasteiger partial charge in [0.15, 0.2) is 0 Å². The first-order chi connectivity index (χ1) is 7.92. The third-order valence-electron chi connectivity index (χ3n) is 2.92. The standard InChI is InChI=1S/C12H18BrNO2S/c1-4-12(13)9(2)10-5-7-11(8-6-10)17(15,16)14-3/h5-9,12,14H,4H2,1-3H3. The molecule has 1 rings (SSSR count). The molecule has 1 aromatic carbocycles. The van der Waals surface area contributed by atoms with Gasteiger partial charge in [0.1, 0.15) is 0 Å². The van der Waals surface area contributed by atoms with E-state index < -0.39 is 10.0 Å². The van der Waals surface area contributed by atoms with Crippen molar-refractivity contribution in [3.05, 3.63) is 29.8 Å². The minimum Gasteiger partial charge on any atom is -0.214 e. The van der Waals surface area contributed by atoms with Crippen LogP contribution < -0.4 is 4.72 Å². The number of benzene rings is 1. The van der Waals surface area contributed by atoms with Gasteiger partial charge in [-0.1, -0.05) is 41.9 Å². The number of alkyl halides is 1. The van der Waals surface area contributed by atoms with Crippen molar-refractivity contribution < 1.29 is 8.42 Å². The third kappa shape index (κ3) is 3.53. The second kappa shape index (κ2) is 5.98. The van der Waals surface area contributed by atoms with Gasteiger partial charge in [-0.25, -0.2) is 13.1 Å². The lowest BCUT2D eigenvalue weighted by molar-refractivity contribution is 0.588. The van der Waals surface area contributed by atoms with Gasteiger partial charge in [0.05, 0.1) is 4.90 Å². The second-order valence-electron chi connectivity index (χ2n) is 3.99. The van der Waals surface area contributed by atoms with Gasteiger partial charge in [-0.15, -0.1) is 0 Å². The Hall–Kier alpha value is -0.390. The van der Waals surface area contributed by atoms with Gasteiger partial charge in [-0.05, 0) is 37.1 Å². The van der Waals surface area contributed by atoms with Crippen LogP contribution in [0.4, 0.5) is 0 Å². The highest BCUT2D eigenvalue weighted by Crippen LogP contribution is 2.27. The fourth-order valence-corrected chi connectivity index (χ4v) is 2.67. The van der Waals surface area contributed by atoms with Crippen LogP contribution in [0.15, 0.2) is 29.2 Å². The molecule has 0 aromatic heterocycles. The van der Waals surface area contributed by atoms with E-state index in [0.717, 1.165) is 12.0 Å². The largest absolute Gasteiger partial charge is 0.240 e. The minimum absolute atomic E-state index is 0.304. The van der Waals surface area contributed by atoms with Gasteiger partial charge in [0.25, 0.3) is 0 Å². The number of nitrogens with one attached hydrogen (secondary N) is 1. The molecule has 0 saturated heterocycles. The van der Waals surface area contributed by atoms with Gasteiger partial charge in [0, 0.05) is 4.83 Å². The van der Waals surface area contributed by atoms with Crippen LogP contribution >= 0.6 is 15.9 Å². The molecular weight excluding hydrogens is 302 g/mol. The molecule has 2 atom stereocenters. The zero-order valence-corrected chi connectivity index (χ0v) is 12.7. The van der Waals surface area contributed by atoms with Crippen molar-refractivity contribution in [3.63, 3.8) is 0 Å². The minimum atomic E-state index is -3.33. The van der Waals surface area contributed by atoms with Crippen LogP contribution in [0.3, 0.4) is 0 Å². The summed E-state index contributed by atoms with van der Waals surface area (Å²) in [7, 11) is -1.91. The lowest BCUT2D eigenvalue weighted by Gasteiger charge is -2.17. The van der Waals surface area contributed by atoms with E-state index in [1.807, 2.05) is 12.1 Å². The van der Waals surface area contributed by atoms with Gasteiger partial charge < -0.3 is 0 Å². The summed E-state index contributed by atoms with van der Waals surface area (Å²) in [4.78, 5) is 0.716. The SMILES string of the molecule is CCC(Br)C(C)c1ccc(S(=O)(=O)NC)cc1. The van der Waals surface area contributed by atoms with E-state index >= 15 is 0 Å². The molecule has 17 heavy (non-hydrogen) atoms. The molecule has 96 valence electrons. The molecule has 0 aliphatic rings. The van der Waals surface area contributed by atoms with Crippen molar-refractivity contribution >= 4 is 26.0 Å². The first-order valence-electron chi connectivity index (χ1n) is 5.60. The Labute approximate surface area is 112 Å². The first kappa shape index (κ1) is 14.7. The van der Waals surface area contributed by atoms with Crippen LogP contribution in [0.25, 0.3) is 0 Å². The summed E-state index contributed by atoms with van der Waals surface area (Å²) in [6, 6.07) is 7.04. The number of sulfonamides is 1. The quantitative estimate of drug-likeness (QED) is 0.848. The van der Waals surface area contributed by atoms with Crippen molar-refractivity contribution in [2.24, 2.45) is 0 Å². The summed E-state index contributed by atoms with van der Waals surface area (Å²) in [5.74, 6) is 0.367. The Kier molecular flexibility index (Phi) is 5.16. The van der Waals surface area contributed by atoms with Gasteiger partial charge in [-0.2, -0.15) is 0 Å². The summed E-state index contributed by atoms with van der Waals surface area (Å²) in [6.07, 6.45) is 1.04. The molecule has 2 unspecified atom stereocenters. The van der Waals surface area contributed by atoms with E-state index in [-0.39, 0.29) is 0 Å². The fraction of sp³-hybridized carbons (Fsp3) is 0.500. The Morgan fingerprint density at radius 3 is 2.24 bits per heavy atom. The maximum Gasteiger partial charge on any atom is 0.240 e. The van der Waals surface area contributed by atoms with E-state index in [9.17, 15) is 8.42 Å². The molecule has 3 nitrogen and oxygen atoms in total. The molecule has 0 spiro atoms. The van der Waals surface area contributed by atoms with Crippen molar-refractivity contribution in [1.82, 2.24) is 4.72 Å². The highest BCUT2D eigenvalue weighted by Gasteiger charge is 2.16. The second-order valence-corrected chi connectivity index (χ2v) is 7.05. The van der Waals surface area contributed by atoms with E-state index in [1.54, 1.807) is 12.1 Å². The predicted molar refractivity (Wildman–Crippen MR) is 74.1 cm³/mol. The van der Waals surface area contributed by atoms with E-state index in [4.69, 9.17) is 0 Å². The van der Waals surface area contributed by atoms with Crippen molar-refractivity contribution in [2.75, 3.05) is 7.05 Å². The van der Waals surface area contributed by atoms with Crippen LogP contribution in [0.1, 0.15) is 31.7 Å². The Morgan fingerprint density at radius 1 is 1.29 bits per heavy atom. The van der Waals surface area contributed by atoms with Crippen LogP contribution in [0, 0.1) is 0 Å². The molecular formula is C12H18BrNO2S. The fourth-order valence-electron chi connectivity index (χ4n) is 1.63. The van der Waals surface area contributed by atoms with Crippen LogP contribution in [-0.4, -0.2) is 20.3 Å². The predicted octanol–water partition coefficient (Wildman–Crippen LogP) is 2.87. The van der Waals surface area contributed by atoms with Crippen LogP contribution in [0.5, 0.6) is 0 Å². The van der Waals surface area contributed by atoms with E-state index in [1.165, 1.54) is 7.05 Å². The Bertz CT molecular complexity index is 456. The normalized spacial score (nSPS) is 15.5. The first-order valence-corrected chi connectivity index (χ1v) is 7.99. The molecule has 1 N–H and O–H groups in total. The van der Waals surface area contributed by atoms with Crippen LogP contribution in [-0.2, 0) is 10.0 Å². The summed E-state index contributed by atoms with van der Waals surface area (Å²) >= 11 is 3.62. The van der Waals surface area contributed by atoms with Gasteiger partial charge in [0.2, 0.25) is 10.0 Å². The molecule has 0 heterocycles. The Balaban J connectivity index is 2.96. The molecule has 0 aliphatic heterocycles. The molecule has 0 aliphatic carbocycles. The molecule has 0 bridgehead atoms. The highest BCUT2D eigenvalue weighted by molar-refractivity contribution is 9.09. The average molecular weight is 320 g/mol. The molecule has 0 amide bonds. The summed E-state index contributed by atoms with van der Waals surface area (Å²) < 4.78 is 25.4. The zero-order valence-electron chi connectivity index (χ0n) is 10.3. The summed E-state index contributed by atoms with van der Waals surface area (Å²) in [5.41, 5.74) is 1.14. The number of hydrogen-bond donors (Lipinski definition) is 1. The summed E-state index contributed by atoms with van der Waals surface area (Å²) in [5, 5.41) is 0.